The van der Waals surface area contributed by atoms with Gasteiger partial charge in [-0.1, -0.05) is 36.9 Å². The van der Waals surface area contributed by atoms with Gasteiger partial charge < -0.3 is 0 Å². The van der Waals surface area contributed by atoms with Gasteiger partial charge in [0.15, 0.2) is 5.78 Å². The van der Waals surface area contributed by atoms with Gasteiger partial charge in [0.1, 0.15) is 7.85 Å². The molecule has 1 aromatic carbocycles. The highest BCUT2D eigenvalue weighted by atomic mass is 16.1. The van der Waals surface area contributed by atoms with Crippen LogP contribution in [0.1, 0.15) is 24.5 Å². The van der Waals surface area contributed by atoms with E-state index >= 15 is 0 Å². The zero-order valence-electron chi connectivity index (χ0n) is 9.99. The summed E-state index contributed by atoms with van der Waals surface area (Å²) in [6.45, 7) is 5.31. The largest absolute Gasteiger partial charge is 0.295 e. The summed E-state index contributed by atoms with van der Waals surface area (Å²) in [6, 6.07) is 8.34. The lowest BCUT2D eigenvalue weighted by atomic mass is 9.88. The van der Waals surface area contributed by atoms with Gasteiger partial charge in [0.25, 0.3) is 0 Å². The Balaban J connectivity index is 2.54. The third-order valence-corrected chi connectivity index (χ3v) is 2.47. The first-order chi connectivity index (χ1) is 7.61. The molecule has 2 heteroatoms. The second-order valence-corrected chi connectivity index (χ2v) is 4.05. The molecule has 0 amide bonds. The zero-order chi connectivity index (χ0) is 12.0. The van der Waals surface area contributed by atoms with Gasteiger partial charge in [0.2, 0.25) is 0 Å². The Morgan fingerprint density at radius 1 is 1.38 bits per heavy atom. The van der Waals surface area contributed by atoms with Crippen LogP contribution < -0.4 is 0 Å². The molecule has 1 rings (SSSR count). The summed E-state index contributed by atoms with van der Waals surface area (Å²) < 4.78 is 0. The van der Waals surface area contributed by atoms with Gasteiger partial charge in [0, 0.05) is 0 Å². The van der Waals surface area contributed by atoms with Crippen LogP contribution in [0.5, 0.6) is 0 Å². The molecule has 0 saturated heterocycles. The van der Waals surface area contributed by atoms with Crippen LogP contribution in [0.25, 0.3) is 6.08 Å². The molecule has 0 atom stereocenters. The summed E-state index contributed by atoms with van der Waals surface area (Å²) in [7, 11) is 2.00. The summed E-state index contributed by atoms with van der Waals surface area (Å²) in [6.07, 6.45) is 5.46. The number of carbonyl (C=O) groups excluding carboxylic acids is 1. The number of carbonyl (C=O) groups is 1. The van der Waals surface area contributed by atoms with E-state index in [1.54, 1.807) is 13.0 Å². The Labute approximate surface area is 98.3 Å². The Bertz CT molecular complexity index is 401. The number of hydrogen-bond acceptors (Lipinski definition) is 1. The molecule has 0 bridgehead atoms. The van der Waals surface area contributed by atoms with Crippen molar-refractivity contribution in [3.8, 4) is 0 Å². The lowest BCUT2D eigenvalue weighted by Gasteiger charge is -2.02. The molecule has 0 aromatic heterocycles. The number of benzene rings is 1. The van der Waals surface area contributed by atoms with E-state index in [2.05, 4.69) is 30.8 Å². The molecule has 0 fully saturated rings. The molecule has 0 aliphatic rings. The summed E-state index contributed by atoms with van der Waals surface area (Å²) in [5.41, 5.74) is 3.57. The molecule has 0 unspecified atom stereocenters. The molecule has 0 saturated carbocycles. The third kappa shape index (κ3) is 4.30. The normalized spacial score (nSPS) is 11.2. The lowest BCUT2D eigenvalue weighted by molar-refractivity contribution is -0.112. The van der Waals surface area contributed by atoms with Crippen molar-refractivity contribution in [3.63, 3.8) is 0 Å². The van der Waals surface area contributed by atoms with E-state index in [0.717, 1.165) is 23.9 Å². The monoisotopic (exact) mass is 212 g/mol. The minimum atomic E-state index is 0.125. The molecule has 0 heterocycles. The van der Waals surface area contributed by atoms with Crippen molar-refractivity contribution < 1.29 is 4.79 Å². The highest BCUT2D eigenvalue weighted by Gasteiger charge is 1.96. The van der Waals surface area contributed by atoms with Crippen LogP contribution in [-0.2, 0) is 11.2 Å². The van der Waals surface area contributed by atoms with Crippen molar-refractivity contribution in [1.82, 2.24) is 0 Å². The van der Waals surface area contributed by atoms with Crippen LogP contribution in [0.2, 0.25) is 0 Å². The standard InChI is InChI=1S/C14H17BO/c1-3-12-4-6-13(7-5-12)8-9-14(15)10-11(2)16/h3-7,10H,1,8-9,15H2,2H3/b14-10-. The number of aryl methyl sites for hydroxylation is 1. The first-order valence-corrected chi connectivity index (χ1v) is 5.51. The molecule has 0 aliphatic carbocycles. The smallest absolute Gasteiger partial charge is 0.151 e. The molecule has 1 nitrogen and oxygen atoms in total. The number of ketones is 1. The predicted octanol–water partition coefficient (Wildman–Crippen LogP) is 2.37. The minimum absolute atomic E-state index is 0.125. The van der Waals surface area contributed by atoms with E-state index in [1.165, 1.54) is 5.56 Å². The van der Waals surface area contributed by atoms with Crippen molar-refractivity contribution in [2.24, 2.45) is 0 Å². The zero-order valence-corrected chi connectivity index (χ0v) is 9.99. The van der Waals surface area contributed by atoms with Gasteiger partial charge >= 0.3 is 0 Å². The van der Waals surface area contributed by atoms with Gasteiger partial charge in [0.05, 0.1) is 0 Å². The highest BCUT2D eigenvalue weighted by molar-refractivity contribution is 6.23. The fraction of sp³-hybridized carbons (Fsp3) is 0.214. The van der Waals surface area contributed by atoms with Gasteiger partial charge in [-0.25, -0.2) is 0 Å². The predicted molar refractivity (Wildman–Crippen MR) is 72.2 cm³/mol. The van der Waals surface area contributed by atoms with E-state index < -0.39 is 0 Å². The van der Waals surface area contributed by atoms with E-state index in [-0.39, 0.29) is 5.78 Å². The Morgan fingerprint density at radius 2 is 2.00 bits per heavy atom. The van der Waals surface area contributed by atoms with E-state index in [0.29, 0.717) is 0 Å². The Hall–Kier alpha value is -1.57. The van der Waals surface area contributed by atoms with E-state index in [9.17, 15) is 4.79 Å². The summed E-state index contributed by atoms with van der Waals surface area (Å²) in [5.74, 6) is 0.125. The molecule has 1 aromatic rings. The third-order valence-electron chi connectivity index (χ3n) is 2.47. The van der Waals surface area contributed by atoms with Crippen molar-refractivity contribution in [2.75, 3.05) is 0 Å². The van der Waals surface area contributed by atoms with Gasteiger partial charge in [-0.15, -0.1) is 5.47 Å². The van der Waals surface area contributed by atoms with Crippen LogP contribution in [-0.4, -0.2) is 13.6 Å². The number of allylic oxidation sites excluding steroid dienone is 2. The van der Waals surface area contributed by atoms with Crippen molar-refractivity contribution in [1.29, 1.82) is 0 Å². The molecular formula is C14H17BO. The summed E-state index contributed by atoms with van der Waals surface area (Å²) >= 11 is 0. The molecule has 0 N–H and O–H groups in total. The van der Waals surface area contributed by atoms with Crippen LogP contribution in [0.3, 0.4) is 0 Å². The van der Waals surface area contributed by atoms with E-state index in [4.69, 9.17) is 0 Å². The van der Waals surface area contributed by atoms with Gasteiger partial charge in [-0.3, -0.25) is 4.79 Å². The van der Waals surface area contributed by atoms with Gasteiger partial charge in [-0.05, 0) is 37.0 Å². The quantitative estimate of drug-likeness (QED) is 0.540. The maximum Gasteiger partial charge on any atom is 0.151 e. The average Bonchev–Trinajstić information content (AvgIpc) is 2.26. The molecule has 16 heavy (non-hydrogen) atoms. The molecule has 0 aliphatic heterocycles. The van der Waals surface area contributed by atoms with Crippen LogP contribution in [0.4, 0.5) is 0 Å². The average molecular weight is 212 g/mol. The fourth-order valence-electron chi connectivity index (χ4n) is 1.58. The Kier molecular flexibility index (Phi) is 4.78. The fourth-order valence-corrected chi connectivity index (χ4v) is 1.58. The van der Waals surface area contributed by atoms with Crippen molar-refractivity contribution >= 4 is 19.7 Å². The SMILES string of the molecule is B/C(=C\C(C)=O)CCc1ccc(C=C)cc1. The maximum atomic E-state index is 10.9. The topological polar surface area (TPSA) is 17.1 Å². The van der Waals surface area contributed by atoms with Crippen LogP contribution in [0.15, 0.2) is 42.4 Å². The Morgan fingerprint density at radius 3 is 2.50 bits per heavy atom. The first kappa shape index (κ1) is 12.5. The minimum Gasteiger partial charge on any atom is -0.295 e. The number of rotatable bonds is 5. The second kappa shape index (κ2) is 6.11. The van der Waals surface area contributed by atoms with Crippen molar-refractivity contribution in [3.05, 3.63) is 53.5 Å². The molecule has 0 radical (unpaired) electrons. The second-order valence-electron chi connectivity index (χ2n) is 4.05. The summed E-state index contributed by atoms with van der Waals surface area (Å²) in [5, 5.41) is 0. The lowest BCUT2D eigenvalue weighted by Crippen LogP contribution is -1.92. The first-order valence-electron chi connectivity index (χ1n) is 5.51. The summed E-state index contributed by atoms with van der Waals surface area (Å²) in [4.78, 5) is 10.9. The van der Waals surface area contributed by atoms with Crippen LogP contribution in [0, 0.1) is 0 Å². The van der Waals surface area contributed by atoms with Gasteiger partial charge in [-0.2, -0.15) is 0 Å². The molecule has 0 spiro atoms. The highest BCUT2D eigenvalue weighted by Crippen LogP contribution is 2.09. The maximum absolute atomic E-state index is 10.9. The molecule has 82 valence electrons. The van der Waals surface area contributed by atoms with E-state index in [1.807, 2.05) is 13.9 Å². The molecular weight excluding hydrogens is 195 g/mol. The number of hydrogen-bond donors (Lipinski definition) is 0. The van der Waals surface area contributed by atoms with Crippen LogP contribution >= 0.6 is 0 Å². The van der Waals surface area contributed by atoms with Crippen molar-refractivity contribution in [2.45, 2.75) is 19.8 Å².